The largest absolute Gasteiger partial charge is 0.369 e. The van der Waals surface area contributed by atoms with Crippen LogP contribution in [0.2, 0.25) is 5.02 Å². The molecule has 2 aromatic rings. The molecule has 2 N–H and O–H groups in total. The standard InChI is InChI=1S/C16H18ClN5O2/c1-9-11(6-20-21(9)2)12-7-22(8-13(12)15(18)23)16(24)14-4-3-10(17)5-19-14/h3-6,12-13H,7-8H2,1-2H3,(H2,18,23)/t12-,13+/m1/s1. The van der Waals surface area contributed by atoms with Crippen LogP contribution in [0.1, 0.15) is 27.7 Å². The minimum atomic E-state index is -0.441. The zero-order chi connectivity index (χ0) is 17.4. The molecule has 0 spiro atoms. The molecular weight excluding hydrogens is 330 g/mol. The highest BCUT2D eigenvalue weighted by molar-refractivity contribution is 6.30. The third-order valence-corrected chi connectivity index (χ3v) is 4.82. The van der Waals surface area contributed by atoms with Crippen molar-refractivity contribution in [2.75, 3.05) is 13.1 Å². The Morgan fingerprint density at radius 2 is 2.04 bits per heavy atom. The molecule has 0 radical (unpaired) electrons. The second-order valence-electron chi connectivity index (χ2n) is 6.00. The average molecular weight is 348 g/mol. The van der Waals surface area contributed by atoms with E-state index in [9.17, 15) is 9.59 Å². The zero-order valence-corrected chi connectivity index (χ0v) is 14.2. The van der Waals surface area contributed by atoms with Crippen LogP contribution in [0.25, 0.3) is 0 Å². The topological polar surface area (TPSA) is 94.1 Å². The van der Waals surface area contributed by atoms with Crippen molar-refractivity contribution in [3.8, 4) is 0 Å². The van der Waals surface area contributed by atoms with E-state index in [0.717, 1.165) is 11.3 Å². The lowest BCUT2D eigenvalue weighted by Gasteiger charge is -2.16. The maximum absolute atomic E-state index is 12.6. The van der Waals surface area contributed by atoms with Crippen LogP contribution in [0.4, 0.5) is 0 Å². The van der Waals surface area contributed by atoms with Gasteiger partial charge in [0.25, 0.3) is 5.91 Å². The van der Waals surface area contributed by atoms with E-state index in [-0.39, 0.29) is 18.4 Å². The number of carbonyl (C=O) groups excluding carboxylic acids is 2. The van der Waals surface area contributed by atoms with Gasteiger partial charge >= 0.3 is 0 Å². The highest BCUT2D eigenvalue weighted by Crippen LogP contribution is 2.34. The molecule has 126 valence electrons. The van der Waals surface area contributed by atoms with E-state index in [1.165, 1.54) is 6.20 Å². The van der Waals surface area contributed by atoms with Crippen LogP contribution in [0.3, 0.4) is 0 Å². The summed E-state index contributed by atoms with van der Waals surface area (Å²) in [5.74, 6) is -1.25. The van der Waals surface area contributed by atoms with Gasteiger partial charge in [-0.15, -0.1) is 0 Å². The van der Waals surface area contributed by atoms with Gasteiger partial charge in [0, 0.05) is 37.9 Å². The number of halogens is 1. The first-order valence-corrected chi connectivity index (χ1v) is 7.95. The summed E-state index contributed by atoms with van der Waals surface area (Å²) in [4.78, 5) is 30.2. The maximum Gasteiger partial charge on any atom is 0.272 e. The Hall–Kier alpha value is -2.41. The van der Waals surface area contributed by atoms with Crippen molar-refractivity contribution in [1.82, 2.24) is 19.7 Å². The Morgan fingerprint density at radius 1 is 1.29 bits per heavy atom. The van der Waals surface area contributed by atoms with Gasteiger partial charge in [0.2, 0.25) is 5.91 Å². The second kappa shape index (κ2) is 6.24. The molecule has 3 heterocycles. The van der Waals surface area contributed by atoms with E-state index in [0.29, 0.717) is 17.3 Å². The molecular formula is C16H18ClN5O2. The van der Waals surface area contributed by atoms with Crippen LogP contribution in [-0.4, -0.2) is 44.6 Å². The lowest BCUT2D eigenvalue weighted by molar-refractivity contribution is -0.121. The first kappa shape index (κ1) is 16.4. The summed E-state index contributed by atoms with van der Waals surface area (Å²) in [6.07, 6.45) is 3.17. The van der Waals surface area contributed by atoms with Crippen molar-refractivity contribution >= 4 is 23.4 Å². The predicted octanol–water partition coefficient (Wildman–Crippen LogP) is 1.12. The maximum atomic E-state index is 12.6. The fourth-order valence-corrected chi connectivity index (χ4v) is 3.23. The first-order valence-electron chi connectivity index (χ1n) is 7.57. The number of nitrogens with two attached hydrogens (primary N) is 1. The number of pyridine rings is 1. The average Bonchev–Trinajstić information content (AvgIpc) is 3.12. The summed E-state index contributed by atoms with van der Waals surface area (Å²) < 4.78 is 1.75. The molecule has 2 aromatic heterocycles. The van der Waals surface area contributed by atoms with Crippen molar-refractivity contribution in [2.24, 2.45) is 18.7 Å². The van der Waals surface area contributed by atoms with Gasteiger partial charge in [0.05, 0.1) is 17.1 Å². The number of primary amides is 1. The highest BCUT2D eigenvalue weighted by atomic mass is 35.5. The number of nitrogens with zero attached hydrogens (tertiary/aromatic N) is 4. The van der Waals surface area contributed by atoms with Gasteiger partial charge in [0.1, 0.15) is 5.69 Å². The number of aryl methyl sites for hydroxylation is 1. The summed E-state index contributed by atoms with van der Waals surface area (Å²) in [5.41, 5.74) is 7.77. The van der Waals surface area contributed by atoms with Gasteiger partial charge in [-0.2, -0.15) is 5.10 Å². The molecule has 2 amide bonds. The molecule has 3 rings (SSSR count). The van der Waals surface area contributed by atoms with Crippen LogP contribution in [0.5, 0.6) is 0 Å². The minimum Gasteiger partial charge on any atom is -0.369 e. The molecule has 1 aliphatic rings. The van der Waals surface area contributed by atoms with Gasteiger partial charge in [-0.3, -0.25) is 14.3 Å². The molecule has 0 aromatic carbocycles. The summed E-state index contributed by atoms with van der Waals surface area (Å²) in [6.45, 7) is 2.62. The summed E-state index contributed by atoms with van der Waals surface area (Å²) in [5, 5.41) is 4.69. The molecule has 0 saturated carbocycles. The number of hydrogen-bond donors (Lipinski definition) is 1. The zero-order valence-electron chi connectivity index (χ0n) is 13.4. The van der Waals surface area contributed by atoms with Crippen molar-refractivity contribution in [1.29, 1.82) is 0 Å². The second-order valence-corrected chi connectivity index (χ2v) is 6.43. The Labute approximate surface area is 144 Å². The lowest BCUT2D eigenvalue weighted by Crippen LogP contribution is -2.32. The summed E-state index contributed by atoms with van der Waals surface area (Å²) in [7, 11) is 1.84. The van der Waals surface area contributed by atoms with Crippen LogP contribution < -0.4 is 5.73 Å². The monoisotopic (exact) mass is 347 g/mol. The molecule has 2 atom stereocenters. The van der Waals surface area contributed by atoms with Crippen molar-refractivity contribution < 1.29 is 9.59 Å². The lowest BCUT2D eigenvalue weighted by atomic mass is 9.89. The van der Waals surface area contributed by atoms with Crippen LogP contribution in [-0.2, 0) is 11.8 Å². The number of amides is 2. The molecule has 1 saturated heterocycles. The fraction of sp³-hybridized carbons (Fsp3) is 0.375. The van der Waals surface area contributed by atoms with Crippen molar-refractivity contribution in [2.45, 2.75) is 12.8 Å². The van der Waals surface area contributed by atoms with Crippen molar-refractivity contribution in [3.05, 3.63) is 46.5 Å². The van der Waals surface area contributed by atoms with Gasteiger partial charge in [-0.25, -0.2) is 4.98 Å². The highest BCUT2D eigenvalue weighted by Gasteiger charge is 2.41. The number of rotatable bonds is 3. The van der Waals surface area contributed by atoms with E-state index < -0.39 is 11.8 Å². The third-order valence-electron chi connectivity index (χ3n) is 4.59. The number of aromatic nitrogens is 3. The smallest absolute Gasteiger partial charge is 0.272 e. The van der Waals surface area contributed by atoms with Crippen LogP contribution in [0, 0.1) is 12.8 Å². The molecule has 8 heteroatoms. The summed E-state index contributed by atoms with van der Waals surface area (Å²) in [6, 6.07) is 3.19. The quantitative estimate of drug-likeness (QED) is 0.900. The van der Waals surface area contributed by atoms with Gasteiger partial charge in [-0.05, 0) is 24.6 Å². The van der Waals surface area contributed by atoms with Gasteiger partial charge < -0.3 is 10.6 Å². The molecule has 0 bridgehead atoms. The summed E-state index contributed by atoms with van der Waals surface area (Å²) >= 11 is 5.81. The van der Waals surface area contributed by atoms with E-state index >= 15 is 0 Å². The van der Waals surface area contributed by atoms with Crippen LogP contribution in [0.15, 0.2) is 24.5 Å². The predicted molar refractivity (Wildman–Crippen MR) is 88.5 cm³/mol. The minimum absolute atomic E-state index is 0.160. The Kier molecular flexibility index (Phi) is 4.28. The molecule has 7 nitrogen and oxygen atoms in total. The van der Waals surface area contributed by atoms with E-state index in [1.54, 1.807) is 27.9 Å². The SMILES string of the molecule is Cc1c([C@H]2CN(C(=O)c3ccc(Cl)cn3)C[C@@H]2C(N)=O)cnn1C. The molecule has 0 aliphatic carbocycles. The number of likely N-dealkylation sites (tertiary alicyclic amines) is 1. The Bertz CT molecular complexity index is 786. The molecule has 1 aliphatic heterocycles. The fourth-order valence-electron chi connectivity index (χ4n) is 3.12. The van der Waals surface area contributed by atoms with E-state index in [1.807, 2.05) is 14.0 Å². The number of hydrogen-bond acceptors (Lipinski definition) is 4. The molecule has 0 unspecified atom stereocenters. The normalized spacial score (nSPS) is 20.4. The molecule has 1 fully saturated rings. The van der Waals surface area contributed by atoms with Crippen LogP contribution >= 0.6 is 11.6 Å². The Balaban J connectivity index is 1.87. The van der Waals surface area contributed by atoms with Crippen molar-refractivity contribution in [3.63, 3.8) is 0 Å². The van der Waals surface area contributed by atoms with E-state index in [2.05, 4.69) is 10.1 Å². The molecule has 24 heavy (non-hydrogen) atoms. The van der Waals surface area contributed by atoms with Gasteiger partial charge in [0.15, 0.2) is 0 Å². The number of carbonyl (C=O) groups is 2. The third kappa shape index (κ3) is 2.87. The Morgan fingerprint density at radius 3 is 2.58 bits per heavy atom. The van der Waals surface area contributed by atoms with Gasteiger partial charge in [-0.1, -0.05) is 11.6 Å². The van der Waals surface area contributed by atoms with E-state index in [4.69, 9.17) is 17.3 Å². The first-order chi connectivity index (χ1) is 11.4.